The topological polar surface area (TPSA) is 42.0 Å². The van der Waals surface area contributed by atoms with Crippen molar-refractivity contribution >= 4 is 16.8 Å². The minimum absolute atomic E-state index is 0.00389. The SMILES string of the molecule is CCC(CC)NC(=O)c1cc(C(C)C)nc2ccccc12. The van der Waals surface area contributed by atoms with Crippen molar-refractivity contribution in [3.05, 3.63) is 41.6 Å². The Morgan fingerprint density at radius 3 is 2.48 bits per heavy atom. The summed E-state index contributed by atoms with van der Waals surface area (Å²) in [6.45, 7) is 8.39. The Balaban J connectivity index is 2.48. The van der Waals surface area contributed by atoms with Gasteiger partial charge in [-0.1, -0.05) is 45.9 Å². The molecule has 112 valence electrons. The zero-order chi connectivity index (χ0) is 15.4. The fourth-order valence-electron chi connectivity index (χ4n) is 2.44. The van der Waals surface area contributed by atoms with E-state index in [4.69, 9.17) is 0 Å². The highest BCUT2D eigenvalue weighted by atomic mass is 16.1. The van der Waals surface area contributed by atoms with Crippen LogP contribution in [0.25, 0.3) is 10.9 Å². The molecule has 3 heteroatoms. The van der Waals surface area contributed by atoms with E-state index in [2.05, 4.69) is 38.0 Å². The fraction of sp³-hybridized carbons (Fsp3) is 0.444. The number of fused-ring (bicyclic) bond motifs is 1. The van der Waals surface area contributed by atoms with E-state index in [0.29, 0.717) is 5.92 Å². The molecule has 2 rings (SSSR count). The lowest BCUT2D eigenvalue weighted by molar-refractivity contribution is 0.0936. The second-order valence-electron chi connectivity index (χ2n) is 5.75. The van der Waals surface area contributed by atoms with Gasteiger partial charge in [-0.15, -0.1) is 0 Å². The summed E-state index contributed by atoms with van der Waals surface area (Å²) >= 11 is 0. The van der Waals surface area contributed by atoms with E-state index in [-0.39, 0.29) is 11.9 Å². The molecule has 0 saturated heterocycles. The number of pyridine rings is 1. The summed E-state index contributed by atoms with van der Waals surface area (Å²) in [5, 5.41) is 4.05. The number of benzene rings is 1. The Kier molecular flexibility index (Phi) is 4.94. The van der Waals surface area contributed by atoms with Crippen LogP contribution in [0.3, 0.4) is 0 Å². The Morgan fingerprint density at radius 2 is 1.86 bits per heavy atom. The number of hydrogen-bond acceptors (Lipinski definition) is 2. The molecule has 0 atom stereocenters. The van der Waals surface area contributed by atoms with Gasteiger partial charge in [-0.3, -0.25) is 9.78 Å². The number of hydrogen-bond donors (Lipinski definition) is 1. The average Bonchev–Trinajstić information content (AvgIpc) is 2.51. The van der Waals surface area contributed by atoms with Gasteiger partial charge >= 0.3 is 0 Å². The number of rotatable bonds is 5. The number of aromatic nitrogens is 1. The van der Waals surface area contributed by atoms with Crippen LogP contribution in [0.15, 0.2) is 30.3 Å². The van der Waals surface area contributed by atoms with Gasteiger partial charge in [0.15, 0.2) is 0 Å². The molecule has 2 aromatic rings. The van der Waals surface area contributed by atoms with E-state index in [1.807, 2.05) is 30.3 Å². The fourth-order valence-corrected chi connectivity index (χ4v) is 2.44. The molecule has 3 nitrogen and oxygen atoms in total. The van der Waals surface area contributed by atoms with Crippen LogP contribution >= 0.6 is 0 Å². The third kappa shape index (κ3) is 3.41. The molecule has 21 heavy (non-hydrogen) atoms. The van der Waals surface area contributed by atoms with Crippen molar-refractivity contribution in [2.45, 2.75) is 52.5 Å². The van der Waals surface area contributed by atoms with Crippen molar-refractivity contribution in [1.29, 1.82) is 0 Å². The molecule has 1 heterocycles. The van der Waals surface area contributed by atoms with Crippen LogP contribution in [0.5, 0.6) is 0 Å². The minimum Gasteiger partial charge on any atom is -0.349 e. The third-order valence-electron chi connectivity index (χ3n) is 3.89. The Bertz CT molecular complexity index is 630. The number of para-hydroxylation sites is 1. The van der Waals surface area contributed by atoms with Crippen LogP contribution < -0.4 is 5.32 Å². The second-order valence-corrected chi connectivity index (χ2v) is 5.75. The van der Waals surface area contributed by atoms with Gasteiger partial charge in [0.1, 0.15) is 0 Å². The Hall–Kier alpha value is -1.90. The molecule has 1 aromatic carbocycles. The largest absolute Gasteiger partial charge is 0.349 e. The summed E-state index contributed by atoms with van der Waals surface area (Å²) in [5.41, 5.74) is 2.58. The van der Waals surface area contributed by atoms with Crippen molar-refractivity contribution in [1.82, 2.24) is 10.3 Å². The maximum absolute atomic E-state index is 12.6. The number of nitrogens with zero attached hydrogens (tertiary/aromatic N) is 1. The molecule has 0 bridgehead atoms. The summed E-state index contributed by atoms with van der Waals surface area (Å²) in [4.78, 5) is 17.3. The lowest BCUT2D eigenvalue weighted by Crippen LogP contribution is -2.34. The van der Waals surface area contributed by atoms with Gasteiger partial charge in [-0.2, -0.15) is 0 Å². The summed E-state index contributed by atoms with van der Waals surface area (Å²) < 4.78 is 0. The first-order valence-electron chi connectivity index (χ1n) is 7.77. The van der Waals surface area contributed by atoms with Gasteiger partial charge in [0, 0.05) is 17.1 Å². The van der Waals surface area contributed by atoms with Crippen LogP contribution in [0.1, 0.15) is 62.5 Å². The molecule has 0 spiro atoms. The Morgan fingerprint density at radius 1 is 1.19 bits per heavy atom. The van der Waals surface area contributed by atoms with Gasteiger partial charge in [0.05, 0.1) is 11.1 Å². The summed E-state index contributed by atoms with van der Waals surface area (Å²) in [6, 6.07) is 10.0. The molecule has 0 saturated carbocycles. The lowest BCUT2D eigenvalue weighted by atomic mass is 10.0. The second kappa shape index (κ2) is 6.70. The summed E-state index contributed by atoms with van der Waals surface area (Å²) in [6.07, 6.45) is 1.89. The van der Waals surface area contributed by atoms with Gasteiger partial charge in [0.25, 0.3) is 5.91 Å². The average molecular weight is 284 g/mol. The van der Waals surface area contributed by atoms with Gasteiger partial charge in [-0.05, 0) is 30.9 Å². The monoisotopic (exact) mass is 284 g/mol. The number of nitrogens with one attached hydrogen (secondary N) is 1. The predicted octanol–water partition coefficient (Wildman–Crippen LogP) is 4.28. The maximum Gasteiger partial charge on any atom is 0.252 e. The predicted molar refractivity (Wildman–Crippen MR) is 87.7 cm³/mol. The van der Waals surface area contributed by atoms with Crippen molar-refractivity contribution in [2.75, 3.05) is 0 Å². The summed E-state index contributed by atoms with van der Waals surface area (Å²) in [5.74, 6) is 0.304. The van der Waals surface area contributed by atoms with Crippen LogP contribution in [-0.2, 0) is 0 Å². The van der Waals surface area contributed by atoms with Crippen LogP contribution in [0, 0.1) is 0 Å². The number of carbonyl (C=O) groups excluding carboxylic acids is 1. The standard InChI is InChI=1S/C18H24N2O/c1-5-13(6-2)19-18(21)15-11-17(12(3)4)20-16-10-8-7-9-14(15)16/h7-13H,5-6H2,1-4H3,(H,19,21). The van der Waals surface area contributed by atoms with E-state index < -0.39 is 0 Å². The molecule has 1 N–H and O–H groups in total. The molecule has 0 aliphatic carbocycles. The maximum atomic E-state index is 12.6. The summed E-state index contributed by atoms with van der Waals surface area (Å²) in [7, 11) is 0. The minimum atomic E-state index is 0.00389. The highest BCUT2D eigenvalue weighted by molar-refractivity contribution is 6.06. The van der Waals surface area contributed by atoms with Crippen molar-refractivity contribution < 1.29 is 4.79 Å². The van der Waals surface area contributed by atoms with Gasteiger partial charge in [0.2, 0.25) is 0 Å². The van der Waals surface area contributed by atoms with Crippen molar-refractivity contribution in [3.8, 4) is 0 Å². The molecule has 0 fully saturated rings. The molecule has 0 radical (unpaired) electrons. The quantitative estimate of drug-likeness (QED) is 0.890. The molecular weight excluding hydrogens is 260 g/mol. The van der Waals surface area contributed by atoms with Gasteiger partial charge < -0.3 is 5.32 Å². The number of amides is 1. The molecule has 0 aliphatic heterocycles. The number of carbonyl (C=O) groups is 1. The Labute approximate surface area is 126 Å². The lowest BCUT2D eigenvalue weighted by Gasteiger charge is -2.17. The van der Waals surface area contributed by atoms with Crippen LogP contribution in [0.4, 0.5) is 0 Å². The molecule has 1 aromatic heterocycles. The first-order chi connectivity index (χ1) is 10.1. The molecular formula is C18H24N2O. The first-order valence-corrected chi connectivity index (χ1v) is 7.77. The zero-order valence-electron chi connectivity index (χ0n) is 13.3. The smallest absolute Gasteiger partial charge is 0.252 e. The highest BCUT2D eigenvalue weighted by Gasteiger charge is 2.16. The van der Waals surface area contributed by atoms with E-state index in [9.17, 15) is 4.79 Å². The van der Waals surface area contributed by atoms with Crippen molar-refractivity contribution in [3.63, 3.8) is 0 Å². The molecule has 1 amide bonds. The van der Waals surface area contributed by atoms with Crippen molar-refractivity contribution in [2.24, 2.45) is 0 Å². The van der Waals surface area contributed by atoms with Crippen LogP contribution in [-0.4, -0.2) is 16.9 Å². The van der Waals surface area contributed by atoms with E-state index in [0.717, 1.165) is 35.0 Å². The van der Waals surface area contributed by atoms with E-state index in [1.165, 1.54) is 0 Å². The van der Waals surface area contributed by atoms with Crippen LogP contribution in [0.2, 0.25) is 0 Å². The first kappa shape index (κ1) is 15.5. The third-order valence-corrected chi connectivity index (χ3v) is 3.89. The highest BCUT2D eigenvalue weighted by Crippen LogP contribution is 2.22. The van der Waals surface area contributed by atoms with Gasteiger partial charge in [-0.25, -0.2) is 0 Å². The van der Waals surface area contributed by atoms with E-state index in [1.54, 1.807) is 0 Å². The molecule has 0 unspecified atom stereocenters. The normalized spacial score (nSPS) is 11.3. The molecule has 0 aliphatic rings. The van der Waals surface area contributed by atoms with E-state index >= 15 is 0 Å². The zero-order valence-corrected chi connectivity index (χ0v) is 13.3.